The van der Waals surface area contributed by atoms with Gasteiger partial charge in [0.15, 0.2) is 11.6 Å². The first-order valence-corrected chi connectivity index (χ1v) is 5.85. The largest absolute Gasteiger partial charge is 0.339 e. The second-order valence-corrected chi connectivity index (χ2v) is 3.89. The first kappa shape index (κ1) is 13.6. The van der Waals surface area contributed by atoms with Gasteiger partial charge in [0.2, 0.25) is 0 Å². The molecule has 94 valence electrons. The van der Waals surface area contributed by atoms with Crippen molar-refractivity contribution in [1.29, 1.82) is 0 Å². The monoisotopic (exact) mass is 241 g/mol. The van der Waals surface area contributed by atoms with Crippen molar-refractivity contribution < 1.29 is 13.6 Å². The number of hydrogen-bond acceptors (Lipinski definition) is 1. The van der Waals surface area contributed by atoms with E-state index in [0.29, 0.717) is 13.1 Å². The molecule has 0 unspecified atom stereocenters. The van der Waals surface area contributed by atoms with Crippen LogP contribution in [0.2, 0.25) is 0 Å². The van der Waals surface area contributed by atoms with Crippen LogP contribution < -0.4 is 0 Å². The Kier molecular flexibility index (Phi) is 5.07. The van der Waals surface area contributed by atoms with Gasteiger partial charge in [-0.05, 0) is 25.0 Å². The van der Waals surface area contributed by atoms with E-state index in [4.69, 9.17) is 0 Å². The fourth-order valence-corrected chi connectivity index (χ4v) is 1.69. The summed E-state index contributed by atoms with van der Waals surface area (Å²) in [5.41, 5.74) is -0.188. The topological polar surface area (TPSA) is 20.3 Å². The molecule has 0 fully saturated rings. The smallest absolute Gasteiger partial charge is 0.256 e. The molecule has 2 nitrogen and oxygen atoms in total. The lowest BCUT2D eigenvalue weighted by atomic mass is 10.1. The van der Waals surface area contributed by atoms with Crippen LogP contribution >= 0.6 is 0 Å². The molecule has 0 aliphatic heterocycles. The Labute approximate surface area is 100 Å². The normalized spacial score (nSPS) is 10.4. The molecule has 1 aromatic carbocycles. The van der Waals surface area contributed by atoms with Gasteiger partial charge in [-0.3, -0.25) is 4.79 Å². The van der Waals surface area contributed by atoms with Gasteiger partial charge in [0.25, 0.3) is 5.91 Å². The summed E-state index contributed by atoms with van der Waals surface area (Å²) < 4.78 is 26.5. The molecule has 1 rings (SSSR count). The van der Waals surface area contributed by atoms with Crippen LogP contribution in [0, 0.1) is 11.6 Å². The molecule has 0 atom stereocenters. The fraction of sp³-hybridized carbons (Fsp3) is 0.462. The van der Waals surface area contributed by atoms with Gasteiger partial charge < -0.3 is 4.90 Å². The first-order chi connectivity index (χ1) is 8.11. The Morgan fingerprint density at radius 3 is 2.29 bits per heavy atom. The van der Waals surface area contributed by atoms with Crippen LogP contribution in [0.5, 0.6) is 0 Å². The molecule has 17 heavy (non-hydrogen) atoms. The third-order valence-electron chi connectivity index (χ3n) is 2.46. The molecule has 0 aromatic heterocycles. The summed E-state index contributed by atoms with van der Waals surface area (Å²) in [6.45, 7) is 5.00. The zero-order valence-electron chi connectivity index (χ0n) is 10.2. The lowest BCUT2D eigenvalue weighted by molar-refractivity contribution is 0.0749. The molecule has 1 aromatic rings. The summed E-state index contributed by atoms with van der Waals surface area (Å²) in [6, 6.07) is 3.68. The predicted octanol–water partition coefficient (Wildman–Crippen LogP) is 3.23. The van der Waals surface area contributed by atoms with E-state index in [9.17, 15) is 13.6 Å². The highest BCUT2D eigenvalue weighted by atomic mass is 19.2. The van der Waals surface area contributed by atoms with Gasteiger partial charge >= 0.3 is 0 Å². The highest BCUT2D eigenvalue weighted by molar-refractivity contribution is 5.94. The van der Waals surface area contributed by atoms with Crippen molar-refractivity contribution in [1.82, 2.24) is 4.90 Å². The average molecular weight is 241 g/mol. The van der Waals surface area contributed by atoms with Crippen molar-refractivity contribution in [3.05, 3.63) is 35.4 Å². The van der Waals surface area contributed by atoms with E-state index in [-0.39, 0.29) is 5.56 Å². The third-order valence-corrected chi connectivity index (χ3v) is 2.46. The molecule has 0 saturated carbocycles. The maximum absolute atomic E-state index is 13.5. The van der Waals surface area contributed by atoms with Gasteiger partial charge in [-0.15, -0.1) is 0 Å². The van der Waals surface area contributed by atoms with Crippen molar-refractivity contribution in [3.63, 3.8) is 0 Å². The van der Waals surface area contributed by atoms with Gasteiger partial charge in [0, 0.05) is 13.1 Å². The number of hydrogen-bond donors (Lipinski definition) is 0. The van der Waals surface area contributed by atoms with Gasteiger partial charge in [-0.2, -0.15) is 0 Å². The molecule has 0 N–H and O–H groups in total. The Morgan fingerprint density at radius 1 is 1.18 bits per heavy atom. The van der Waals surface area contributed by atoms with E-state index < -0.39 is 17.5 Å². The van der Waals surface area contributed by atoms with Crippen molar-refractivity contribution in [3.8, 4) is 0 Å². The zero-order valence-corrected chi connectivity index (χ0v) is 10.2. The second-order valence-electron chi connectivity index (χ2n) is 3.89. The van der Waals surface area contributed by atoms with E-state index in [1.165, 1.54) is 12.1 Å². The summed E-state index contributed by atoms with van der Waals surface area (Å²) in [4.78, 5) is 13.6. The average Bonchev–Trinajstić information content (AvgIpc) is 2.31. The minimum Gasteiger partial charge on any atom is -0.339 e. The molecule has 0 aliphatic rings. The Balaban J connectivity index is 2.96. The number of rotatable bonds is 5. The number of benzene rings is 1. The summed E-state index contributed by atoms with van der Waals surface area (Å²) >= 11 is 0. The molecule has 0 heterocycles. The van der Waals surface area contributed by atoms with Crippen LogP contribution in [-0.2, 0) is 0 Å². The maximum Gasteiger partial charge on any atom is 0.256 e. The van der Waals surface area contributed by atoms with E-state index >= 15 is 0 Å². The van der Waals surface area contributed by atoms with E-state index in [0.717, 1.165) is 18.9 Å². The summed E-state index contributed by atoms with van der Waals surface area (Å²) in [5.74, 6) is -2.48. The first-order valence-electron chi connectivity index (χ1n) is 5.85. The highest BCUT2D eigenvalue weighted by Crippen LogP contribution is 2.14. The van der Waals surface area contributed by atoms with E-state index in [1.807, 2.05) is 13.8 Å². The summed E-state index contributed by atoms with van der Waals surface area (Å²) in [5, 5.41) is 0. The Morgan fingerprint density at radius 2 is 1.76 bits per heavy atom. The predicted molar refractivity (Wildman–Crippen MR) is 62.8 cm³/mol. The summed E-state index contributed by atoms with van der Waals surface area (Å²) in [6.07, 6.45) is 1.59. The second kappa shape index (κ2) is 6.33. The maximum atomic E-state index is 13.5. The van der Waals surface area contributed by atoms with Crippen LogP contribution in [0.25, 0.3) is 0 Å². The van der Waals surface area contributed by atoms with Gasteiger partial charge in [0.1, 0.15) is 0 Å². The number of amides is 1. The molecule has 4 heteroatoms. The van der Waals surface area contributed by atoms with E-state index in [1.54, 1.807) is 4.90 Å². The molecule has 0 bridgehead atoms. The minimum absolute atomic E-state index is 0.188. The van der Waals surface area contributed by atoms with Crippen molar-refractivity contribution in [2.24, 2.45) is 0 Å². The highest BCUT2D eigenvalue weighted by Gasteiger charge is 2.19. The quantitative estimate of drug-likeness (QED) is 0.775. The fourth-order valence-electron chi connectivity index (χ4n) is 1.69. The number of carbonyl (C=O) groups is 1. The Hall–Kier alpha value is -1.45. The van der Waals surface area contributed by atoms with Crippen LogP contribution in [0.1, 0.15) is 37.0 Å². The van der Waals surface area contributed by atoms with Crippen LogP contribution in [0.3, 0.4) is 0 Å². The molecule has 0 saturated heterocycles. The van der Waals surface area contributed by atoms with Gasteiger partial charge in [-0.25, -0.2) is 8.78 Å². The standard InChI is InChI=1S/C13H17F2NO/c1-3-8-16(9-4-2)13(17)10-6-5-7-11(14)12(10)15/h5-7H,3-4,8-9H2,1-2H3. The number of halogens is 2. The van der Waals surface area contributed by atoms with Crippen molar-refractivity contribution >= 4 is 5.91 Å². The van der Waals surface area contributed by atoms with Crippen molar-refractivity contribution in [2.45, 2.75) is 26.7 Å². The van der Waals surface area contributed by atoms with Gasteiger partial charge in [0.05, 0.1) is 5.56 Å². The molecule has 1 amide bonds. The number of nitrogens with zero attached hydrogens (tertiary/aromatic N) is 1. The zero-order chi connectivity index (χ0) is 12.8. The molecular formula is C13H17F2NO. The third kappa shape index (κ3) is 3.25. The van der Waals surface area contributed by atoms with Crippen molar-refractivity contribution in [2.75, 3.05) is 13.1 Å². The SMILES string of the molecule is CCCN(CCC)C(=O)c1cccc(F)c1F. The van der Waals surface area contributed by atoms with E-state index in [2.05, 4.69) is 0 Å². The minimum atomic E-state index is -1.06. The summed E-state index contributed by atoms with van der Waals surface area (Å²) in [7, 11) is 0. The van der Waals surface area contributed by atoms with Gasteiger partial charge in [-0.1, -0.05) is 19.9 Å². The Bertz CT molecular complexity index is 387. The lowest BCUT2D eigenvalue weighted by Crippen LogP contribution is -2.33. The molecule has 0 radical (unpaired) electrons. The lowest BCUT2D eigenvalue weighted by Gasteiger charge is -2.21. The molecule has 0 aliphatic carbocycles. The van der Waals surface area contributed by atoms with Crippen LogP contribution in [0.15, 0.2) is 18.2 Å². The van der Waals surface area contributed by atoms with Crippen LogP contribution in [0.4, 0.5) is 8.78 Å². The number of carbonyl (C=O) groups excluding carboxylic acids is 1. The molecule has 0 spiro atoms. The molecular weight excluding hydrogens is 224 g/mol. The van der Waals surface area contributed by atoms with Crippen LogP contribution in [-0.4, -0.2) is 23.9 Å².